The van der Waals surface area contributed by atoms with Gasteiger partial charge in [0.05, 0.1) is 0 Å². The van der Waals surface area contributed by atoms with Gasteiger partial charge in [-0.05, 0) is 25.0 Å². The van der Waals surface area contributed by atoms with Gasteiger partial charge in [-0.25, -0.2) is 4.79 Å². The number of nitrogens with zero attached hydrogens (tertiary/aromatic N) is 1. The van der Waals surface area contributed by atoms with Crippen LogP contribution < -0.4 is 0 Å². The van der Waals surface area contributed by atoms with Crippen molar-refractivity contribution in [3.63, 3.8) is 0 Å². The van der Waals surface area contributed by atoms with Gasteiger partial charge in [-0.15, -0.1) is 0 Å². The molecule has 2 N–H and O–H groups in total. The van der Waals surface area contributed by atoms with Crippen LogP contribution in [0.3, 0.4) is 0 Å². The molecule has 0 radical (unpaired) electrons. The van der Waals surface area contributed by atoms with Crippen LogP contribution >= 0.6 is 0 Å². The highest BCUT2D eigenvalue weighted by molar-refractivity contribution is 5.75. The van der Waals surface area contributed by atoms with Gasteiger partial charge in [0, 0.05) is 17.3 Å². The molecule has 0 amide bonds. The number of rotatable bonds is 3. The molecule has 1 fully saturated rings. The summed E-state index contributed by atoms with van der Waals surface area (Å²) in [5.41, 5.74) is 0.0440. The molecule has 1 heterocycles. The van der Waals surface area contributed by atoms with E-state index >= 15 is 0 Å². The van der Waals surface area contributed by atoms with E-state index in [9.17, 15) is 9.90 Å². The van der Waals surface area contributed by atoms with Crippen LogP contribution in [-0.4, -0.2) is 27.3 Å². The first kappa shape index (κ1) is 9.15. The van der Waals surface area contributed by atoms with Crippen molar-refractivity contribution in [1.29, 1.82) is 0 Å². The Bertz CT molecular complexity index is 346. The van der Waals surface area contributed by atoms with Crippen molar-refractivity contribution >= 4 is 5.97 Å². The Hall–Kier alpha value is -1.42. The number of aliphatic hydroxyl groups is 1. The summed E-state index contributed by atoms with van der Waals surface area (Å²) >= 11 is 0. The second kappa shape index (κ2) is 3.06. The Labute approximate surface area is 81.2 Å². The van der Waals surface area contributed by atoms with E-state index in [1.165, 1.54) is 0 Å². The van der Waals surface area contributed by atoms with E-state index in [2.05, 4.69) is 4.98 Å². The molecular weight excluding hydrogens is 182 g/mol. The first-order chi connectivity index (χ1) is 6.67. The lowest BCUT2D eigenvalue weighted by atomic mass is 9.94. The summed E-state index contributed by atoms with van der Waals surface area (Å²) in [6.07, 6.45) is 1.66. The second-order valence-electron chi connectivity index (χ2n) is 3.61. The van der Waals surface area contributed by atoms with Crippen LogP contribution in [0, 0.1) is 0 Å². The number of aromatic nitrogens is 1. The van der Waals surface area contributed by atoms with E-state index in [-0.39, 0.29) is 0 Å². The van der Waals surface area contributed by atoms with Crippen molar-refractivity contribution in [1.82, 2.24) is 4.98 Å². The van der Waals surface area contributed by atoms with Crippen LogP contribution in [0.25, 0.3) is 0 Å². The number of aliphatic carboxylic acids is 1. The lowest BCUT2D eigenvalue weighted by Gasteiger charge is -2.17. The van der Waals surface area contributed by atoms with E-state index in [4.69, 9.17) is 5.11 Å². The maximum Gasteiger partial charge on any atom is 0.333 e. The predicted molar refractivity (Wildman–Crippen MR) is 48.8 cm³/mol. The Balaban J connectivity index is 2.30. The Kier molecular flexibility index (Phi) is 2.00. The molecule has 1 unspecified atom stereocenters. The topological polar surface area (TPSA) is 70.4 Å². The monoisotopic (exact) mass is 193 g/mol. The number of aliphatic hydroxyl groups excluding tert-OH is 1. The first-order valence-electron chi connectivity index (χ1n) is 4.49. The molecule has 0 aromatic carbocycles. The maximum atomic E-state index is 10.7. The molecular formula is C10H11NO3. The van der Waals surface area contributed by atoms with Gasteiger partial charge in [0.1, 0.15) is 0 Å². The van der Waals surface area contributed by atoms with Gasteiger partial charge < -0.3 is 10.2 Å². The van der Waals surface area contributed by atoms with Gasteiger partial charge in [0.2, 0.25) is 0 Å². The van der Waals surface area contributed by atoms with Crippen molar-refractivity contribution in [2.75, 3.05) is 0 Å². The zero-order valence-corrected chi connectivity index (χ0v) is 7.55. The predicted octanol–water partition coefficient (Wildman–Crippen LogP) is 0.559. The summed E-state index contributed by atoms with van der Waals surface area (Å²) in [5.74, 6) is -1.17. The highest BCUT2D eigenvalue weighted by Gasteiger charge is 2.54. The molecule has 1 aliphatic rings. The third kappa shape index (κ3) is 1.28. The molecule has 1 aromatic heterocycles. The van der Waals surface area contributed by atoms with Crippen molar-refractivity contribution in [2.45, 2.75) is 24.4 Å². The van der Waals surface area contributed by atoms with Crippen molar-refractivity contribution in [2.24, 2.45) is 0 Å². The van der Waals surface area contributed by atoms with Crippen LogP contribution in [-0.2, 0) is 10.2 Å². The quantitative estimate of drug-likeness (QED) is 0.735. The molecule has 1 aliphatic carbocycles. The molecule has 1 atom stereocenters. The summed E-state index contributed by atoms with van der Waals surface area (Å²) in [6, 6.07) is 5.34. The molecule has 1 aromatic rings. The average molecular weight is 193 g/mol. The van der Waals surface area contributed by atoms with Gasteiger partial charge in [0.15, 0.2) is 6.10 Å². The van der Waals surface area contributed by atoms with E-state index < -0.39 is 17.5 Å². The summed E-state index contributed by atoms with van der Waals surface area (Å²) in [5, 5.41) is 18.3. The standard InChI is InChI=1S/C10H11NO3/c12-8(9(13)14)10(4-5-10)7-3-1-2-6-11-7/h1-3,6,8,12H,4-5H2,(H,13,14). The largest absolute Gasteiger partial charge is 0.479 e. The minimum atomic E-state index is -1.34. The van der Waals surface area contributed by atoms with Crippen LogP contribution in [0.5, 0.6) is 0 Å². The minimum Gasteiger partial charge on any atom is -0.479 e. The number of hydrogen-bond donors (Lipinski definition) is 2. The average Bonchev–Trinajstić information content (AvgIpc) is 2.99. The number of carboxylic acid groups (broad SMARTS) is 1. The third-order valence-corrected chi connectivity index (χ3v) is 2.72. The van der Waals surface area contributed by atoms with Crippen LogP contribution in [0.1, 0.15) is 18.5 Å². The SMILES string of the molecule is O=C(O)C(O)C1(c2ccccn2)CC1. The van der Waals surface area contributed by atoms with Crippen LogP contribution in [0.15, 0.2) is 24.4 Å². The lowest BCUT2D eigenvalue weighted by molar-refractivity contribution is -0.148. The molecule has 0 aliphatic heterocycles. The Morgan fingerprint density at radius 2 is 2.21 bits per heavy atom. The fraction of sp³-hybridized carbons (Fsp3) is 0.400. The van der Waals surface area contributed by atoms with Gasteiger partial charge in [-0.1, -0.05) is 6.07 Å². The molecule has 4 heteroatoms. The third-order valence-electron chi connectivity index (χ3n) is 2.72. The molecule has 0 saturated heterocycles. The van der Waals surface area contributed by atoms with E-state index in [1.54, 1.807) is 24.4 Å². The minimum absolute atomic E-state index is 0.632. The number of pyridine rings is 1. The fourth-order valence-electron chi connectivity index (χ4n) is 1.70. The van der Waals surface area contributed by atoms with E-state index in [1.807, 2.05) is 0 Å². The highest BCUT2D eigenvalue weighted by Crippen LogP contribution is 2.50. The molecule has 14 heavy (non-hydrogen) atoms. The summed E-state index contributed by atoms with van der Waals surface area (Å²) in [6.45, 7) is 0. The molecule has 74 valence electrons. The number of carboxylic acids is 1. The highest BCUT2D eigenvalue weighted by atomic mass is 16.4. The van der Waals surface area contributed by atoms with E-state index in [0.717, 1.165) is 0 Å². The van der Waals surface area contributed by atoms with Gasteiger partial charge >= 0.3 is 5.97 Å². The molecule has 0 bridgehead atoms. The van der Waals surface area contributed by atoms with Crippen LogP contribution in [0.2, 0.25) is 0 Å². The fourth-order valence-corrected chi connectivity index (χ4v) is 1.70. The van der Waals surface area contributed by atoms with Crippen LogP contribution in [0.4, 0.5) is 0 Å². The normalized spacial score (nSPS) is 20.1. The van der Waals surface area contributed by atoms with Crippen molar-refractivity contribution in [3.05, 3.63) is 30.1 Å². The summed E-state index contributed by atoms with van der Waals surface area (Å²) in [7, 11) is 0. The number of hydrogen-bond acceptors (Lipinski definition) is 3. The molecule has 2 rings (SSSR count). The number of carbonyl (C=O) groups is 1. The molecule has 0 spiro atoms. The lowest BCUT2D eigenvalue weighted by Crippen LogP contribution is -2.34. The Morgan fingerprint density at radius 1 is 1.50 bits per heavy atom. The van der Waals surface area contributed by atoms with Crippen molar-refractivity contribution in [3.8, 4) is 0 Å². The summed E-state index contributed by atoms with van der Waals surface area (Å²) in [4.78, 5) is 14.8. The summed E-state index contributed by atoms with van der Waals surface area (Å²) < 4.78 is 0. The molecule has 1 saturated carbocycles. The maximum absolute atomic E-state index is 10.7. The molecule has 4 nitrogen and oxygen atoms in total. The van der Waals surface area contributed by atoms with Crippen molar-refractivity contribution < 1.29 is 15.0 Å². The first-order valence-corrected chi connectivity index (χ1v) is 4.49. The second-order valence-corrected chi connectivity index (χ2v) is 3.61. The smallest absolute Gasteiger partial charge is 0.333 e. The van der Waals surface area contributed by atoms with E-state index in [0.29, 0.717) is 18.5 Å². The van der Waals surface area contributed by atoms with Gasteiger partial charge in [0.25, 0.3) is 0 Å². The van der Waals surface area contributed by atoms with Gasteiger partial charge in [-0.2, -0.15) is 0 Å². The van der Waals surface area contributed by atoms with Gasteiger partial charge in [-0.3, -0.25) is 4.98 Å². The zero-order chi connectivity index (χ0) is 10.2. The zero-order valence-electron chi connectivity index (χ0n) is 7.55. The Morgan fingerprint density at radius 3 is 2.64 bits per heavy atom.